The van der Waals surface area contributed by atoms with Crippen molar-refractivity contribution in [1.82, 2.24) is 28.8 Å². The molecule has 4 aromatic rings. The molecule has 1 fully saturated rings. The monoisotopic (exact) mass is 550 g/mol. The van der Waals surface area contributed by atoms with Gasteiger partial charge in [0.25, 0.3) is 10.0 Å². The molecule has 3 heterocycles. The van der Waals surface area contributed by atoms with E-state index in [-0.39, 0.29) is 37.0 Å². The number of aryl methyl sites for hydroxylation is 2. The third kappa shape index (κ3) is 5.18. The van der Waals surface area contributed by atoms with Gasteiger partial charge in [0.2, 0.25) is 0 Å². The fourth-order valence-electron chi connectivity index (χ4n) is 4.85. The van der Waals surface area contributed by atoms with Crippen LogP contribution in [0.3, 0.4) is 0 Å². The van der Waals surface area contributed by atoms with Gasteiger partial charge in [-0.05, 0) is 60.5 Å². The van der Waals surface area contributed by atoms with Crippen molar-refractivity contribution in [1.29, 1.82) is 0 Å². The van der Waals surface area contributed by atoms with Crippen LogP contribution >= 0.6 is 0 Å². The summed E-state index contributed by atoms with van der Waals surface area (Å²) in [5.74, 6) is -0.370. The van der Waals surface area contributed by atoms with E-state index in [1.165, 1.54) is 33.4 Å². The first-order valence-electron chi connectivity index (χ1n) is 12.0. The van der Waals surface area contributed by atoms with Gasteiger partial charge < -0.3 is 0 Å². The predicted molar refractivity (Wildman–Crippen MR) is 133 cm³/mol. The summed E-state index contributed by atoms with van der Waals surface area (Å²) in [6, 6.07) is 10.4. The largest absolute Gasteiger partial charge is 0.390 e. The second-order valence-corrected chi connectivity index (χ2v) is 11.3. The highest BCUT2D eigenvalue weighted by Gasteiger charge is 2.38. The quantitative estimate of drug-likeness (QED) is 0.337. The Hall–Kier alpha value is -3.29. The molecule has 0 radical (unpaired) electrons. The highest BCUT2D eigenvalue weighted by Crippen LogP contribution is 2.34. The minimum atomic E-state index is -4.34. The number of rotatable bonds is 6. The third-order valence-electron chi connectivity index (χ3n) is 6.82. The number of hydrogen-bond donors (Lipinski definition) is 0. The molecule has 2 aromatic carbocycles. The van der Waals surface area contributed by atoms with Crippen LogP contribution < -0.4 is 0 Å². The van der Waals surface area contributed by atoms with Gasteiger partial charge in [0.05, 0.1) is 23.8 Å². The van der Waals surface area contributed by atoms with Crippen LogP contribution in [0, 0.1) is 12.7 Å². The zero-order chi connectivity index (χ0) is 27.2. The van der Waals surface area contributed by atoms with Gasteiger partial charge in [-0.1, -0.05) is 0 Å². The number of piperazine rings is 1. The van der Waals surface area contributed by atoms with Crippen LogP contribution in [-0.4, -0.2) is 69.5 Å². The Bertz CT molecular complexity index is 1560. The molecule has 0 amide bonds. The summed E-state index contributed by atoms with van der Waals surface area (Å²) < 4.78 is 83.7. The van der Waals surface area contributed by atoms with E-state index >= 15 is 0 Å². The maximum atomic E-state index is 13.4. The molecule has 2 aromatic heterocycles. The van der Waals surface area contributed by atoms with E-state index in [1.807, 2.05) is 19.1 Å². The van der Waals surface area contributed by atoms with Crippen LogP contribution in [-0.2, 0) is 17.1 Å². The predicted octanol–water partition coefficient (Wildman–Crippen LogP) is 4.21. The third-order valence-corrected chi connectivity index (χ3v) is 8.57. The number of aromatic nitrogens is 4. The van der Waals surface area contributed by atoms with Crippen molar-refractivity contribution in [3.8, 4) is 5.69 Å². The lowest BCUT2D eigenvalue weighted by atomic mass is 9.96. The average Bonchev–Trinajstić information content (AvgIpc) is 3.48. The number of sulfonamides is 1. The second-order valence-electron chi connectivity index (χ2n) is 9.41. The minimum absolute atomic E-state index is 0.0186. The molecule has 13 heteroatoms. The van der Waals surface area contributed by atoms with Crippen molar-refractivity contribution in [3.63, 3.8) is 0 Å². The smallest absolute Gasteiger partial charge is 0.293 e. The SMILES string of the molecule is Cc1cc2c(cnn2-c2ccc(F)cc2)cc1[C@H]1CN(S(=O)(=O)c2ccn(C)n2)CCN1CCC(F)(F)F. The summed E-state index contributed by atoms with van der Waals surface area (Å²) in [5.41, 5.74) is 2.90. The highest BCUT2D eigenvalue weighted by atomic mass is 32.2. The van der Waals surface area contributed by atoms with E-state index in [9.17, 15) is 26.0 Å². The first kappa shape index (κ1) is 26.3. The molecule has 0 saturated carbocycles. The Morgan fingerprint density at radius 3 is 2.47 bits per heavy atom. The summed E-state index contributed by atoms with van der Waals surface area (Å²) in [4.78, 5) is 1.69. The number of benzene rings is 2. The first-order chi connectivity index (χ1) is 17.9. The molecule has 1 atom stereocenters. The van der Waals surface area contributed by atoms with Crippen LogP contribution in [0.1, 0.15) is 23.6 Å². The summed E-state index contributed by atoms with van der Waals surface area (Å²) in [5, 5.41) is 9.08. The zero-order valence-corrected chi connectivity index (χ0v) is 21.5. The van der Waals surface area contributed by atoms with E-state index in [1.54, 1.807) is 35.0 Å². The molecule has 1 aliphatic rings. The van der Waals surface area contributed by atoms with E-state index in [0.717, 1.165) is 22.0 Å². The highest BCUT2D eigenvalue weighted by molar-refractivity contribution is 7.89. The average molecular weight is 551 g/mol. The van der Waals surface area contributed by atoms with Gasteiger partial charge in [-0.15, -0.1) is 0 Å². The van der Waals surface area contributed by atoms with Crippen molar-refractivity contribution in [3.05, 3.63) is 71.8 Å². The van der Waals surface area contributed by atoms with Gasteiger partial charge in [0.15, 0.2) is 5.03 Å². The Labute approximate surface area is 217 Å². The molecule has 38 heavy (non-hydrogen) atoms. The second kappa shape index (κ2) is 9.79. The fourth-order valence-corrected chi connectivity index (χ4v) is 6.24. The molecule has 8 nitrogen and oxygen atoms in total. The van der Waals surface area contributed by atoms with Crippen LogP contribution in [0.4, 0.5) is 17.6 Å². The lowest BCUT2D eigenvalue weighted by molar-refractivity contribution is -0.140. The Balaban J connectivity index is 1.52. The van der Waals surface area contributed by atoms with E-state index < -0.39 is 28.7 Å². The van der Waals surface area contributed by atoms with Crippen molar-refractivity contribution in [2.24, 2.45) is 7.05 Å². The Morgan fingerprint density at radius 1 is 1.08 bits per heavy atom. The normalized spacial score (nSPS) is 17.9. The Morgan fingerprint density at radius 2 is 1.82 bits per heavy atom. The molecule has 1 saturated heterocycles. The maximum absolute atomic E-state index is 13.4. The van der Waals surface area contributed by atoms with Crippen molar-refractivity contribution in [2.75, 3.05) is 26.2 Å². The van der Waals surface area contributed by atoms with Gasteiger partial charge in [-0.2, -0.15) is 27.7 Å². The van der Waals surface area contributed by atoms with Crippen LogP contribution in [0.25, 0.3) is 16.6 Å². The Kier molecular flexibility index (Phi) is 6.78. The van der Waals surface area contributed by atoms with E-state index in [2.05, 4.69) is 10.2 Å². The topological polar surface area (TPSA) is 76.3 Å². The summed E-state index contributed by atoms with van der Waals surface area (Å²) >= 11 is 0. The van der Waals surface area contributed by atoms with Gasteiger partial charge >= 0.3 is 6.18 Å². The van der Waals surface area contributed by atoms with Crippen molar-refractivity contribution < 1.29 is 26.0 Å². The lowest BCUT2D eigenvalue weighted by Crippen LogP contribution is -2.51. The van der Waals surface area contributed by atoms with E-state index in [4.69, 9.17) is 0 Å². The van der Waals surface area contributed by atoms with Gasteiger partial charge in [-0.3, -0.25) is 9.58 Å². The van der Waals surface area contributed by atoms with Crippen molar-refractivity contribution in [2.45, 2.75) is 30.6 Å². The van der Waals surface area contributed by atoms with Crippen LogP contribution in [0.2, 0.25) is 0 Å². The molecule has 1 aliphatic heterocycles. The van der Waals surface area contributed by atoms with Gasteiger partial charge in [-0.25, -0.2) is 17.5 Å². The molecule has 0 N–H and O–H groups in total. The minimum Gasteiger partial charge on any atom is -0.293 e. The molecular weight excluding hydrogens is 524 g/mol. The van der Waals surface area contributed by atoms with E-state index in [0.29, 0.717) is 5.69 Å². The van der Waals surface area contributed by atoms with Gasteiger partial charge in [0, 0.05) is 50.9 Å². The van der Waals surface area contributed by atoms with Crippen molar-refractivity contribution >= 4 is 20.9 Å². The molecular formula is C25H26F4N6O2S. The standard InChI is InChI=1S/C25H26F4N6O2S/c1-17-13-22-18(15-30-35(22)20-5-3-19(26)4-6-20)14-21(17)23-16-34(12-11-33(23)10-8-25(27,28)29)38(36,37)24-7-9-32(2)31-24/h3-7,9,13-15,23H,8,10-12,16H2,1-2H3/t23-/m1/s1. The summed E-state index contributed by atoms with van der Waals surface area (Å²) in [7, 11) is -2.32. The number of alkyl halides is 3. The molecule has 5 rings (SSSR count). The first-order valence-corrected chi connectivity index (χ1v) is 13.4. The maximum Gasteiger partial charge on any atom is 0.390 e. The number of nitrogens with zero attached hydrogens (tertiary/aromatic N) is 6. The molecule has 0 spiro atoms. The number of hydrogen-bond acceptors (Lipinski definition) is 5. The number of halogens is 4. The molecule has 0 bridgehead atoms. The van der Waals surface area contributed by atoms with Gasteiger partial charge in [0.1, 0.15) is 5.82 Å². The van der Waals surface area contributed by atoms with Crippen LogP contribution in [0.5, 0.6) is 0 Å². The molecule has 0 unspecified atom stereocenters. The lowest BCUT2D eigenvalue weighted by Gasteiger charge is -2.41. The fraction of sp³-hybridized carbons (Fsp3) is 0.360. The van der Waals surface area contributed by atoms with Crippen LogP contribution in [0.15, 0.2) is 59.9 Å². The summed E-state index contributed by atoms with van der Waals surface area (Å²) in [6.07, 6.45) is -2.18. The molecule has 0 aliphatic carbocycles. The number of fused-ring (bicyclic) bond motifs is 1. The summed E-state index contributed by atoms with van der Waals surface area (Å²) in [6.45, 7) is 1.76. The molecule has 202 valence electrons. The zero-order valence-electron chi connectivity index (χ0n) is 20.7.